The Morgan fingerprint density at radius 1 is 1.03 bits per heavy atom. The van der Waals surface area contributed by atoms with E-state index in [2.05, 4.69) is 15.4 Å². The maximum Gasteiger partial charge on any atom is 0.224 e. The van der Waals surface area contributed by atoms with E-state index < -0.39 is 0 Å². The van der Waals surface area contributed by atoms with Crippen LogP contribution < -0.4 is 5.32 Å². The summed E-state index contributed by atoms with van der Waals surface area (Å²) in [4.78, 5) is 16.8. The molecule has 0 aliphatic rings. The van der Waals surface area contributed by atoms with Gasteiger partial charge < -0.3 is 9.73 Å². The normalized spacial score (nSPS) is 10.8. The van der Waals surface area contributed by atoms with Gasteiger partial charge in [0.25, 0.3) is 0 Å². The molecule has 0 spiro atoms. The molecule has 4 aromatic rings. The van der Waals surface area contributed by atoms with Crippen molar-refractivity contribution < 1.29 is 9.21 Å². The van der Waals surface area contributed by atoms with E-state index in [1.54, 1.807) is 6.20 Å². The highest BCUT2D eigenvalue weighted by Crippen LogP contribution is 2.23. The molecule has 0 aliphatic heterocycles. The highest BCUT2D eigenvalue weighted by atomic mass is 16.4. The molecule has 0 saturated heterocycles. The van der Waals surface area contributed by atoms with E-state index >= 15 is 0 Å². The van der Waals surface area contributed by atoms with Crippen LogP contribution in [0.2, 0.25) is 0 Å². The van der Waals surface area contributed by atoms with Crippen LogP contribution in [0.4, 0.5) is 5.69 Å². The van der Waals surface area contributed by atoms with Gasteiger partial charge in [0.05, 0.1) is 29.0 Å². The molecule has 4 rings (SSSR count). The number of aryl methyl sites for hydroxylation is 2. The topological polar surface area (TPSA) is 73.0 Å². The van der Waals surface area contributed by atoms with Crippen molar-refractivity contribution in [3.8, 4) is 17.0 Å². The van der Waals surface area contributed by atoms with Crippen LogP contribution in [0.3, 0.4) is 0 Å². The van der Waals surface area contributed by atoms with Gasteiger partial charge >= 0.3 is 0 Å². The molecular weight excluding hydrogens is 364 g/mol. The van der Waals surface area contributed by atoms with Crippen molar-refractivity contribution in [2.24, 2.45) is 0 Å². The quantitative estimate of drug-likeness (QED) is 0.521. The second-order valence-corrected chi connectivity index (χ2v) is 6.83. The van der Waals surface area contributed by atoms with E-state index in [1.165, 1.54) is 0 Å². The highest BCUT2D eigenvalue weighted by Gasteiger charge is 2.16. The van der Waals surface area contributed by atoms with Crippen LogP contribution in [0.1, 0.15) is 23.7 Å². The molecule has 1 N–H and O–H groups in total. The fraction of sp³-hybridized carbons (Fsp3) is 0.174. The van der Waals surface area contributed by atoms with Gasteiger partial charge in [0.2, 0.25) is 5.91 Å². The summed E-state index contributed by atoms with van der Waals surface area (Å²) in [7, 11) is 0. The lowest BCUT2D eigenvalue weighted by molar-refractivity contribution is -0.116. The number of anilines is 1. The molecule has 0 atom stereocenters. The number of carbonyl (C=O) groups is 1. The van der Waals surface area contributed by atoms with Crippen molar-refractivity contribution in [2.75, 3.05) is 5.32 Å². The molecule has 0 bridgehead atoms. The number of hydrogen-bond donors (Lipinski definition) is 1. The number of hydrogen-bond acceptors (Lipinski definition) is 4. The van der Waals surface area contributed by atoms with E-state index in [1.807, 2.05) is 79.2 Å². The number of nitrogens with zero attached hydrogens (tertiary/aromatic N) is 3. The first kappa shape index (κ1) is 18.7. The van der Waals surface area contributed by atoms with Crippen LogP contribution in [-0.2, 0) is 11.2 Å². The minimum atomic E-state index is -0.0942. The van der Waals surface area contributed by atoms with Crippen LogP contribution in [-0.4, -0.2) is 20.7 Å². The molecule has 6 heteroatoms. The maximum absolute atomic E-state index is 12.5. The lowest BCUT2D eigenvalue weighted by atomic mass is 10.2. The van der Waals surface area contributed by atoms with E-state index in [9.17, 15) is 4.79 Å². The average Bonchev–Trinajstić information content (AvgIpc) is 3.34. The third-order valence-electron chi connectivity index (χ3n) is 4.73. The van der Waals surface area contributed by atoms with Crippen molar-refractivity contribution in [1.82, 2.24) is 14.8 Å². The van der Waals surface area contributed by atoms with E-state index in [0.29, 0.717) is 18.1 Å². The first-order valence-electron chi connectivity index (χ1n) is 9.53. The average molecular weight is 386 g/mol. The van der Waals surface area contributed by atoms with Gasteiger partial charge in [0, 0.05) is 18.4 Å². The molecule has 0 radical (unpaired) electrons. The Hall–Kier alpha value is -3.67. The summed E-state index contributed by atoms with van der Waals surface area (Å²) in [5, 5.41) is 7.55. The molecule has 2 aromatic heterocycles. The zero-order valence-corrected chi connectivity index (χ0v) is 16.4. The van der Waals surface area contributed by atoms with Crippen molar-refractivity contribution in [3.05, 3.63) is 84.1 Å². The van der Waals surface area contributed by atoms with Crippen LogP contribution in [0.15, 0.2) is 71.3 Å². The van der Waals surface area contributed by atoms with E-state index in [4.69, 9.17) is 4.42 Å². The monoisotopic (exact) mass is 386 g/mol. The smallest absolute Gasteiger partial charge is 0.224 e. The van der Waals surface area contributed by atoms with E-state index in [-0.39, 0.29) is 12.3 Å². The Morgan fingerprint density at radius 3 is 2.45 bits per heavy atom. The summed E-state index contributed by atoms with van der Waals surface area (Å²) in [6.45, 7) is 3.84. The Balaban J connectivity index is 1.41. The molecule has 2 aromatic carbocycles. The molecule has 0 saturated carbocycles. The van der Waals surface area contributed by atoms with Crippen molar-refractivity contribution >= 4 is 11.6 Å². The number of carbonyl (C=O) groups excluding carboxylic acids is 1. The number of aromatic nitrogens is 3. The summed E-state index contributed by atoms with van der Waals surface area (Å²) < 4.78 is 7.61. The third kappa shape index (κ3) is 4.11. The fourth-order valence-electron chi connectivity index (χ4n) is 3.23. The molecule has 146 valence electrons. The number of oxazole rings is 1. The van der Waals surface area contributed by atoms with Gasteiger partial charge in [-0.3, -0.25) is 4.79 Å². The first-order valence-corrected chi connectivity index (χ1v) is 9.53. The summed E-state index contributed by atoms with van der Waals surface area (Å²) in [5.41, 5.74) is 4.35. The Kier molecular flexibility index (Phi) is 5.24. The van der Waals surface area contributed by atoms with Crippen molar-refractivity contribution in [2.45, 2.75) is 26.7 Å². The Bertz CT molecular complexity index is 1110. The maximum atomic E-state index is 12.5. The van der Waals surface area contributed by atoms with Gasteiger partial charge in [-0.25, -0.2) is 9.67 Å². The minimum absolute atomic E-state index is 0.0942. The van der Waals surface area contributed by atoms with Gasteiger partial charge in [-0.15, -0.1) is 0 Å². The summed E-state index contributed by atoms with van der Waals surface area (Å²) in [5.74, 6) is 1.16. The molecular formula is C23H22N4O2. The zero-order chi connectivity index (χ0) is 20.2. The number of nitrogens with one attached hydrogen (secondary N) is 1. The van der Waals surface area contributed by atoms with Gasteiger partial charge in [-0.05, 0) is 26.0 Å². The van der Waals surface area contributed by atoms with Crippen LogP contribution in [0.25, 0.3) is 17.0 Å². The van der Waals surface area contributed by atoms with Gasteiger partial charge in [-0.2, -0.15) is 5.10 Å². The standard InChI is InChI=1S/C23H22N4O2/c1-16-23(17(2)27(26-16)19-11-7-4-8-12-19)25-21(28)13-14-22-24-15-20(29-22)18-9-5-3-6-10-18/h3-12,15H,13-14H2,1-2H3,(H,25,28). The van der Waals surface area contributed by atoms with Gasteiger partial charge in [0.15, 0.2) is 11.7 Å². The van der Waals surface area contributed by atoms with Crippen molar-refractivity contribution in [3.63, 3.8) is 0 Å². The zero-order valence-electron chi connectivity index (χ0n) is 16.4. The summed E-state index contributed by atoms with van der Waals surface area (Å²) in [6.07, 6.45) is 2.41. The largest absolute Gasteiger partial charge is 0.441 e. The van der Waals surface area contributed by atoms with Crippen molar-refractivity contribution in [1.29, 1.82) is 0 Å². The number of benzene rings is 2. The third-order valence-corrected chi connectivity index (χ3v) is 4.73. The summed E-state index contributed by atoms with van der Waals surface area (Å²) >= 11 is 0. The lowest BCUT2D eigenvalue weighted by Crippen LogP contribution is -2.13. The molecule has 29 heavy (non-hydrogen) atoms. The summed E-state index contributed by atoms with van der Waals surface area (Å²) in [6, 6.07) is 19.6. The predicted octanol–water partition coefficient (Wildman–Crippen LogP) is 4.72. The molecule has 0 unspecified atom stereocenters. The van der Waals surface area contributed by atoms with Crippen LogP contribution >= 0.6 is 0 Å². The lowest BCUT2D eigenvalue weighted by Gasteiger charge is -2.06. The fourth-order valence-corrected chi connectivity index (χ4v) is 3.23. The molecule has 2 heterocycles. The minimum Gasteiger partial charge on any atom is -0.441 e. The highest BCUT2D eigenvalue weighted by molar-refractivity contribution is 5.92. The Morgan fingerprint density at radius 2 is 1.72 bits per heavy atom. The molecule has 6 nitrogen and oxygen atoms in total. The van der Waals surface area contributed by atoms with Gasteiger partial charge in [-0.1, -0.05) is 48.5 Å². The molecule has 0 aliphatic carbocycles. The van der Waals surface area contributed by atoms with Crippen LogP contribution in [0.5, 0.6) is 0 Å². The SMILES string of the molecule is Cc1nn(-c2ccccc2)c(C)c1NC(=O)CCc1ncc(-c2ccccc2)o1. The first-order chi connectivity index (χ1) is 14.1. The second-order valence-electron chi connectivity index (χ2n) is 6.83. The second kappa shape index (κ2) is 8.14. The van der Waals surface area contributed by atoms with Gasteiger partial charge in [0.1, 0.15) is 0 Å². The number of para-hydroxylation sites is 1. The number of rotatable bonds is 6. The predicted molar refractivity (Wildman–Crippen MR) is 112 cm³/mol. The Labute approximate surface area is 169 Å². The van der Waals surface area contributed by atoms with E-state index in [0.717, 1.165) is 28.3 Å². The van der Waals surface area contributed by atoms with Crippen LogP contribution in [0, 0.1) is 13.8 Å². The molecule has 1 amide bonds. The molecule has 0 fully saturated rings. The number of amides is 1.